The molecule has 24 heavy (non-hydrogen) atoms. The second-order valence-electron chi connectivity index (χ2n) is 7.18. The van der Waals surface area contributed by atoms with Crippen LogP contribution in [0, 0.1) is 5.92 Å². The number of carboxylic acids is 1. The van der Waals surface area contributed by atoms with Crippen molar-refractivity contribution in [1.82, 2.24) is 20.0 Å². The maximum Gasteiger partial charge on any atom is 0.317 e. The van der Waals surface area contributed by atoms with E-state index in [0.29, 0.717) is 24.8 Å². The zero-order valence-corrected chi connectivity index (χ0v) is 14.1. The van der Waals surface area contributed by atoms with Crippen molar-refractivity contribution in [2.24, 2.45) is 13.0 Å². The minimum absolute atomic E-state index is 0.0641. The van der Waals surface area contributed by atoms with Crippen LogP contribution < -0.4 is 5.32 Å². The summed E-state index contributed by atoms with van der Waals surface area (Å²) in [5.41, 5.74) is 1.07. The maximum atomic E-state index is 12.0. The van der Waals surface area contributed by atoms with Crippen LogP contribution in [0.3, 0.4) is 0 Å². The third-order valence-corrected chi connectivity index (χ3v) is 4.92. The van der Waals surface area contributed by atoms with Gasteiger partial charge >= 0.3 is 5.97 Å². The van der Waals surface area contributed by atoms with Gasteiger partial charge in [0.2, 0.25) is 5.91 Å². The van der Waals surface area contributed by atoms with Gasteiger partial charge in [-0.3, -0.25) is 19.2 Å². The molecule has 3 rings (SSSR count). The van der Waals surface area contributed by atoms with Crippen molar-refractivity contribution in [3.05, 3.63) is 18.0 Å². The summed E-state index contributed by atoms with van der Waals surface area (Å²) in [6.07, 6.45) is 9.03. The number of carboxylic acid groups (broad SMARTS) is 1. The number of rotatable bonds is 9. The SMILES string of the molecule is Cn1cc(CCC(=O)NC2CC(N(CC(=O)O)CC3CC3)C2)cn1. The number of aliphatic carboxylic acids is 1. The van der Waals surface area contributed by atoms with E-state index in [4.69, 9.17) is 5.11 Å². The van der Waals surface area contributed by atoms with E-state index in [9.17, 15) is 9.59 Å². The van der Waals surface area contributed by atoms with Crippen LogP contribution in [0.15, 0.2) is 12.4 Å². The highest BCUT2D eigenvalue weighted by atomic mass is 16.4. The van der Waals surface area contributed by atoms with Gasteiger partial charge in [0.15, 0.2) is 0 Å². The zero-order valence-electron chi connectivity index (χ0n) is 14.1. The summed E-state index contributed by atoms with van der Waals surface area (Å²) < 4.78 is 1.74. The molecule has 7 nitrogen and oxygen atoms in total. The van der Waals surface area contributed by atoms with Gasteiger partial charge in [-0.15, -0.1) is 0 Å². The Balaban J connectivity index is 1.37. The average Bonchev–Trinajstić information content (AvgIpc) is 3.19. The summed E-state index contributed by atoms with van der Waals surface area (Å²) in [7, 11) is 1.86. The predicted molar refractivity (Wildman–Crippen MR) is 88.4 cm³/mol. The van der Waals surface area contributed by atoms with Crippen LogP contribution in [0.4, 0.5) is 0 Å². The molecule has 0 aliphatic heterocycles. The van der Waals surface area contributed by atoms with E-state index in [0.717, 1.165) is 24.9 Å². The fraction of sp³-hybridized carbons (Fsp3) is 0.706. The number of hydrogen-bond donors (Lipinski definition) is 2. The predicted octanol–water partition coefficient (Wildman–Crippen LogP) is 0.797. The summed E-state index contributed by atoms with van der Waals surface area (Å²) in [6.45, 7) is 1.00. The van der Waals surface area contributed by atoms with Crippen molar-refractivity contribution in [3.63, 3.8) is 0 Å². The summed E-state index contributed by atoms with van der Waals surface area (Å²) in [4.78, 5) is 25.1. The fourth-order valence-electron chi connectivity index (χ4n) is 3.31. The molecule has 0 bridgehead atoms. The minimum atomic E-state index is -0.764. The first kappa shape index (κ1) is 17.0. The molecule has 0 atom stereocenters. The number of aromatic nitrogens is 2. The quantitative estimate of drug-likeness (QED) is 0.697. The monoisotopic (exact) mass is 334 g/mol. The minimum Gasteiger partial charge on any atom is -0.480 e. The van der Waals surface area contributed by atoms with Crippen LogP contribution in [0.25, 0.3) is 0 Å². The van der Waals surface area contributed by atoms with Gasteiger partial charge in [0.1, 0.15) is 0 Å². The number of nitrogens with one attached hydrogen (secondary N) is 1. The van der Waals surface area contributed by atoms with Crippen molar-refractivity contribution < 1.29 is 14.7 Å². The average molecular weight is 334 g/mol. The first-order valence-corrected chi connectivity index (χ1v) is 8.72. The standard InChI is InChI=1S/C17H26N4O3/c1-20-9-13(8-18-20)4-5-16(22)19-14-6-15(7-14)21(11-17(23)24)10-12-2-3-12/h8-9,12,14-15H,2-7,10-11H2,1H3,(H,19,22)(H,23,24). The Kier molecular flexibility index (Phi) is 5.18. The number of amides is 1. The number of nitrogens with zero attached hydrogens (tertiary/aromatic N) is 3. The van der Waals surface area contributed by atoms with E-state index in [1.165, 1.54) is 12.8 Å². The van der Waals surface area contributed by atoms with Crippen molar-refractivity contribution in [3.8, 4) is 0 Å². The maximum absolute atomic E-state index is 12.0. The molecule has 2 N–H and O–H groups in total. The molecule has 2 aliphatic rings. The molecule has 7 heteroatoms. The number of hydrogen-bond acceptors (Lipinski definition) is 4. The topological polar surface area (TPSA) is 87.5 Å². The Hall–Kier alpha value is -1.89. The van der Waals surface area contributed by atoms with Gasteiger partial charge in [0, 0.05) is 38.3 Å². The number of carbonyl (C=O) groups is 2. The van der Waals surface area contributed by atoms with Crippen molar-refractivity contribution in [2.75, 3.05) is 13.1 Å². The van der Waals surface area contributed by atoms with E-state index in [1.54, 1.807) is 10.9 Å². The third kappa shape index (κ3) is 4.80. The van der Waals surface area contributed by atoms with Gasteiger partial charge in [-0.25, -0.2) is 0 Å². The van der Waals surface area contributed by atoms with E-state index in [-0.39, 0.29) is 18.5 Å². The molecule has 1 aromatic heterocycles. The van der Waals surface area contributed by atoms with E-state index < -0.39 is 5.97 Å². The Labute approximate surface area is 142 Å². The Morgan fingerprint density at radius 3 is 2.75 bits per heavy atom. The fourth-order valence-corrected chi connectivity index (χ4v) is 3.31. The molecule has 2 saturated carbocycles. The lowest BCUT2D eigenvalue weighted by molar-refractivity contribution is -0.140. The van der Waals surface area contributed by atoms with Gasteiger partial charge in [-0.05, 0) is 43.6 Å². The van der Waals surface area contributed by atoms with Gasteiger partial charge < -0.3 is 10.4 Å². The Morgan fingerprint density at radius 1 is 1.42 bits per heavy atom. The largest absolute Gasteiger partial charge is 0.480 e. The van der Waals surface area contributed by atoms with Gasteiger partial charge in [-0.1, -0.05) is 0 Å². The molecule has 2 aliphatic carbocycles. The number of aryl methyl sites for hydroxylation is 2. The molecule has 0 radical (unpaired) electrons. The van der Waals surface area contributed by atoms with Crippen molar-refractivity contribution >= 4 is 11.9 Å². The second kappa shape index (κ2) is 7.34. The van der Waals surface area contributed by atoms with Crippen molar-refractivity contribution in [2.45, 2.75) is 50.6 Å². The molecule has 0 unspecified atom stereocenters. The molecule has 132 valence electrons. The number of carbonyl (C=O) groups excluding carboxylic acids is 1. The van der Waals surface area contributed by atoms with Crippen LogP contribution in [0.2, 0.25) is 0 Å². The second-order valence-corrected chi connectivity index (χ2v) is 7.18. The zero-order chi connectivity index (χ0) is 17.1. The summed E-state index contributed by atoms with van der Waals surface area (Å²) in [5, 5.41) is 16.2. The molecule has 0 aromatic carbocycles. The van der Waals surface area contributed by atoms with Crippen LogP contribution in [-0.4, -0.2) is 56.8 Å². The Morgan fingerprint density at radius 2 is 2.17 bits per heavy atom. The molecule has 1 heterocycles. The van der Waals surface area contributed by atoms with Crippen LogP contribution >= 0.6 is 0 Å². The third-order valence-electron chi connectivity index (χ3n) is 4.92. The molecular weight excluding hydrogens is 308 g/mol. The summed E-state index contributed by atoms with van der Waals surface area (Å²) >= 11 is 0. The smallest absolute Gasteiger partial charge is 0.317 e. The molecule has 1 amide bonds. The lowest BCUT2D eigenvalue weighted by Gasteiger charge is -2.42. The van der Waals surface area contributed by atoms with E-state index >= 15 is 0 Å². The highest BCUT2D eigenvalue weighted by Crippen LogP contribution is 2.33. The summed E-state index contributed by atoms with van der Waals surface area (Å²) in [5.74, 6) is -0.0219. The Bertz CT molecular complexity index is 590. The lowest BCUT2D eigenvalue weighted by atomic mass is 9.85. The van der Waals surface area contributed by atoms with Gasteiger partial charge in [0.05, 0.1) is 12.7 Å². The molecule has 0 spiro atoms. The lowest BCUT2D eigenvalue weighted by Crippen LogP contribution is -2.55. The first-order chi connectivity index (χ1) is 11.5. The van der Waals surface area contributed by atoms with Gasteiger partial charge in [0.25, 0.3) is 0 Å². The van der Waals surface area contributed by atoms with Crippen LogP contribution in [-0.2, 0) is 23.1 Å². The van der Waals surface area contributed by atoms with E-state index in [1.807, 2.05) is 13.2 Å². The molecule has 2 fully saturated rings. The van der Waals surface area contributed by atoms with Crippen LogP contribution in [0.1, 0.15) is 37.7 Å². The van der Waals surface area contributed by atoms with E-state index in [2.05, 4.69) is 15.3 Å². The first-order valence-electron chi connectivity index (χ1n) is 8.72. The molecule has 1 aromatic rings. The highest BCUT2D eigenvalue weighted by molar-refractivity contribution is 5.76. The molecular formula is C17H26N4O3. The van der Waals surface area contributed by atoms with Crippen LogP contribution in [0.5, 0.6) is 0 Å². The summed E-state index contributed by atoms with van der Waals surface area (Å²) in [6, 6.07) is 0.484. The normalized spacial score (nSPS) is 23.1. The highest BCUT2D eigenvalue weighted by Gasteiger charge is 2.37. The molecule has 0 saturated heterocycles. The van der Waals surface area contributed by atoms with Gasteiger partial charge in [-0.2, -0.15) is 5.10 Å². The van der Waals surface area contributed by atoms with Crippen molar-refractivity contribution in [1.29, 1.82) is 0 Å².